The molecule has 86 valence electrons. The summed E-state index contributed by atoms with van der Waals surface area (Å²) in [4.78, 5) is 11.6. The van der Waals surface area contributed by atoms with E-state index in [1.165, 1.54) is 7.11 Å². The summed E-state index contributed by atoms with van der Waals surface area (Å²) < 4.78 is 30.6. The van der Waals surface area contributed by atoms with Gasteiger partial charge in [0, 0.05) is 5.41 Å². The van der Waals surface area contributed by atoms with Gasteiger partial charge in [0.15, 0.2) is 0 Å². The standard InChI is InChI=1S/C11H16F2O2/c1-15-9(14)11-5-2-10(3-6-11,4-7-11)8(12)13/h8H,2-7H2,1H3. The van der Waals surface area contributed by atoms with E-state index in [0.29, 0.717) is 38.5 Å². The first kappa shape index (κ1) is 10.8. The molecule has 2 bridgehead atoms. The molecule has 0 aromatic carbocycles. The third kappa shape index (κ3) is 1.45. The summed E-state index contributed by atoms with van der Waals surface area (Å²) >= 11 is 0. The van der Waals surface area contributed by atoms with Crippen LogP contribution in [-0.4, -0.2) is 19.5 Å². The van der Waals surface area contributed by atoms with E-state index in [2.05, 4.69) is 0 Å². The first-order valence-corrected chi connectivity index (χ1v) is 5.41. The molecule has 2 nitrogen and oxygen atoms in total. The Balaban J connectivity index is 2.14. The van der Waals surface area contributed by atoms with Crippen LogP contribution < -0.4 is 0 Å². The molecule has 0 atom stereocenters. The van der Waals surface area contributed by atoms with Crippen LogP contribution in [0.4, 0.5) is 8.78 Å². The maximum absolute atomic E-state index is 12.9. The lowest BCUT2D eigenvalue weighted by atomic mass is 9.54. The van der Waals surface area contributed by atoms with E-state index >= 15 is 0 Å². The van der Waals surface area contributed by atoms with Crippen molar-refractivity contribution in [2.75, 3.05) is 7.11 Å². The molecule has 4 heteroatoms. The molecule has 0 aromatic heterocycles. The van der Waals surface area contributed by atoms with Gasteiger partial charge in [0.2, 0.25) is 6.43 Å². The lowest BCUT2D eigenvalue weighted by Crippen LogP contribution is -2.49. The zero-order valence-corrected chi connectivity index (χ0v) is 8.89. The molecule has 15 heavy (non-hydrogen) atoms. The van der Waals surface area contributed by atoms with Gasteiger partial charge in [0.05, 0.1) is 12.5 Å². The Kier molecular flexibility index (Phi) is 2.47. The van der Waals surface area contributed by atoms with Gasteiger partial charge in [-0.05, 0) is 38.5 Å². The molecule has 3 fully saturated rings. The Hall–Kier alpha value is -0.670. The van der Waals surface area contributed by atoms with E-state index < -0.39 is 17.3 Å². The number of esters is 1. The normalized spacial score (nSPS) is 39.5. The molecule has 3 saturated carbocycles. The van der Waals surface area contributed by atoms with Crippen molar-refractivity contribution in [1.82, 2.24) is 0 Å². The predicted molar refractivity (Wildman–Crippen MR) is 50.6 cm³/mol. The number of hydrogen-bond acceptors (Lipinski definition) is 2. The molecule has 3 aliphatic rings. The van der Waals surface area contributed by atoms with Gasteiger partial charge in [-0.15, -0.1) is 0 Å². The summed E-state index contributed by atoms with van der Waals surface area (Å²) in [5.41, 5.74) is -1.23. The van der Waals surface area contributed by atoms with Crippen LogP contribution in [0.25, 0.3) is 0 Å². The van der Waals surface area contributed by atoms with Crippen molar-refractivity contribution in [3.63, 3.8) is 0 Å². The molecule has 0 amide bonds. The third-order valence-electron chi connectivity index (χ3n) is 4.39. The lowest BCUT2D eigenvalue weighted by Gasteiger charge is -2.51. The number of halogens is 2. The highest BCUT2D eigenvalue weighted by Crippen LogP contribution is 2.59. The second kappa shape index (κ2) is 3.42. The first-order chi connectivity index (χ1) is 7.05. The van der Waals surface area contributed by atoms with Crippen LogP contribution >= 0.6 is 0 Å². The van der Waals surface area contributed by atoms with Crippen LogP contribution in [0.3, 0.4) is 0 Å². The molecule has 0 aromatic rings. The maximum atomic E-state index is 12.9. The van der Waals surface area contributed by atoms with Crippen molar-refractivity contribution in [3.05, 3.63) is 0 Å². The quantitative estimate of drug-likeness (QED) is 0.666. The zero-order valence-electron chi connectivity index (χ0n) is 8.89. The number of alkyl halides is 2. The van der Waals surface area contributed by atoms with Gasteiger partial charge >= 0.3 is 5.97 Å². The highest BCUT2D eigenvalue weighted by molar-refractivity contribution is 5.77. The monoisotopic (exact) mass is 218 g/mol. The first-order valence-electron chi connectivity index (χ1n) is 5.41. The Bertz CT molecular complexity index is 251. The summed E-state index contributed by atoms with van der Waals surface area (Å²) in [6.07, 6.45) is 0.894. The van der Waals surface area contributed by atoms with Crippen molar-refractivity contribution < 1.29 is 18.3 Å². The second-order valence-corrected chi connectivity index (χ2v) is 4.93. The molecule has 0 radical (unpaired) electrons. The number of methoxy groups -OCH3 is 1. The maximum Gasteiger partial charge on any atom is 0.311 e. The average molecular weight is 218 g/mol. The minimum absolute atomic E-state index is 0.204. The highest BCUT2D eigenvalue weighted by Gasteiger charge is 2.56. The topological polar surface area (TPSA) is 26.3 Å². The van der Waals surface area contributed by atoms with Crippen LogP contribution in [0.15, 0.2) is 0 Å². The minimum atomic E-state index is -2.24. The molecule has 0 unspecified atom stereocenters. The second-order valence-electron chi connectivity index (χ2n) is 4.93. The van der Waals surface area contributed by atoms with E-state index in [-0.39, 0.29) is 5.97 Å². The largest absolute Gasteiger partial charge is 0.469 e. The summed E-state index contributed by atoms with van der Waals surface area (Å²) in [5, 5.41) is 0. The third-order valence-corrected chi connectivity index (χ3v) is 4.39. The Morgan fingerprint density at radius 3 is 1.93 bits per heavy atom. The number of rotatable bonds is 2. The Morgan fingerprint density at radius 2 is 1.60 bits per heavy atom. The van der Waals surface area contributed by atoms with Gasteiger partial charge in [0.25, 0.3) is 0 Å². The van der Waals surface area contributed by atoms with Crippen molar-refractivity contribution in [1.29, 1.82) is 0 Å². The minimum Gasteiger partial charge on any atom is -0.469 e. The molecule has 0 N–H and O–H groups in total. The molecule has 3 rings (SSSR count). The van der Waals surface area contributed by atoms with Crippen LogP contribution in [0.1, 0.15) is 38.5 Å². The van der Waals surface area contributed by atoms with Gasteiger partial charge in [-0.25, -0.2) is 8.78 Å². The Morgan fingerprint density at radius 1 is 1.13 bits per heavy atom. The van der Waals surface area contributed by atoms with E-state index in [1.807, 2.05) is 0 Å². The SMILES string of the molecule is COC(=O)C12CCC(C(F)F)(CC1)CC2. The molecule has 3 aliphatic carbocycles. The number of fused-ring (bicyclic) bond motifs is 3. The van der Waals surface area contributed by atoms with Crippen molar-refractivity contribution >= 4 is 5.97 Å². The number of carbonyl (C=O) groups excluding carboxylic acids is 1. The smallest absolute Gasteiger partial charge is 0.311 e. The van der Waals surface area contributed by atoms with Crippen molar-refractivity contribution in [2.45, 2.75) is 45.0 Å². The highest BCUT2D eigenvalue weighted by atomic mass is 19.3. The van der Waals surface area contributed by atoms with Gasteiger partial charge < -0.3 is 4.74 Å². The van der Waals surface area contributed by atoms with Gasteiger partial charge in [0.1, 0.15) is 0 Å². The molecule has 0 saturated heterocycles. The van der Waals surface area contributed by atoms with Crippen LogP contribution in [0.5, 0.6) is 0 Å². The number of ether oxygens (including phenoxy) is 1. The molecule has 0 spiro atoms. The number of hydrogen-bond donors (Lipinski definition) is 0. The van der Waals surface area contributed by atoms with Gasteiger partial charge in [-0.1, -0.05) is 0 Å². The summed E-state index contributed by atoms with van der Waals surface area (Å²) in [6, 6.07) is 0. The fourth-order valence-electron chi connectivity index (χ4n) is 3.06. The predicted octanol–water partition coefficient (Wildman–Crippen LogP) is 2.77. The molecule has 0 aliphatic heterocycles. The van der Waals surface area contributed by atoms with E-state index in [0.717, 1.165) is 0 Å². The van der Waals surface area contributed by atoms with E-state index in [9.17, 15) is 13.6 Å². The van der Waals surface area contributed by atoms with E-state index in [4.69, 9.17) is 4.74 Å². The molecular formula is C11H16F2O2. The fourth-order valence-corrected chi connectivity index (χ4v) is 3.06. The molecule has 0 heterocycles. The van der Waals surface area contributed by atoms with Crippen molar-refractivity contribution in [3.8, 4) is 0 Å². The zero-order chi connectivity index (χ0) is 11.1. The summed E-state index contributed by atoms with van der Waals surface area (Å²) in [7, 11) is 1.38. The average Bonchev–Trinajstić information content (AvgIpc) is 2.30. The van der Waals surface area contributed by atoms with Gasteiger partial charge in [-0.3, -0.25) is 4.79 Å². The fraction of sp³-hybridized carbons (Fsp3) is 0.909. The van der Waals surface area contributed by atoms with Crippen molar-refractivity contribution in [2.24, 2.45) is 10.8 Å². The summed E-state index contributed by atoms with van der Waals surface area (Å²) in [5.74, 6) is -0.204. The Labute approximate surface area is 88.0 Å². The van der Waals surface area contributed by atoms with Crippen LogP contribution in [0, 0.1) is 10.8 Å². The molecular weight excluding hydrogens is 202 g/mol. The van der Waals surface area contributed by atoms with E-state index in [1.54, 1.807) is 0 Å². The van der Waals surface area contributed by atoms with Gasteiger partial charge in [-0.2, -0.15) is 0 Å². The lowest BCUT2D eigenvalue weighted by molar-refractivity contribution is -0.170. The van der Waals surface area contributed by atoms with Crippen LogP contribution in [0.2, 0.25) is 0 Å². The number of carbonyl (C=O) groups is 1. The van der Waals surface area contributed by atoms with Crippen LogP contribution in [-0.2, 0) is 9.53 Å². The summed E-state index contributed by atoms with van der Waals surface area (Å²) in [6.45, 7) is 0.